The number of para-hydroxylation sites is 2. The molecule has 0 radical (unpaired) electrons. The van der Waals surface area contributed by atoms with Crippen molar-refractivity contribution in [2.24, 2.45) is 0 Å². The highest BCUT2D eigenvalue weighted by Gasteiger charge is 2.15. The van der Waals surface area contributed by atoms with Gasteiger partial charge >= 0.3 is 5.97 Å². The Bertz CT molecular complexity index is 792. The van der Waals surface area contributed by atoms with Crippen LogP contribution in [0, 0.1) is 11.3 Å². The first-order valence-electron chi connectivity index (χ1n) is 6.47. The maximum absolute atomic E-state index is 12.2. The van der Waals surface area contributed by atoms with E-state index < -0.39 is 17.1 Å². The van der Waals surface area contributed by atoms with Gasteiger partial charge in [0.1, 0.15) is 23.7 Å². The molecule has 0 spiro atoms. The largest absolute Gasteiger partial charge is 0.487 e. The van der Waals surface area contributed by atoms with E-state index in [0.717, 1.165) is 10.8 Å². The SMILES string of the molecule is CC(CC#N)Oc1ccccc1-n1cncc(C(=O)O)c1=O. The molecule has 0 aliphatic rings. The molecule has 0 saturated heterocycles. The Morgan fingerprint density at radius 1 is 1.50 bits per heavy atom. The van der Waals surface area contributed by atoms with Crippen LogP contribution in [0.4, 0.5) is 0 Å². The van der Waals surface area contributed by atoms with Gasteiger partial charge < -0.3 is 9.84 Å². The van der Waals surface area contributed by atoms with Crippen molar-refractivity contribution >= 4 is 5.97 Å². The lowest BCUT2D eigenvalue weighted by Gasteiger charge is -2.16. The Kier molecular flexibility index (Phi) is 4.53. The van der Waals surface area contributed by atoms with Gasteiger partial charge in [0.15, 0.2) is 0 Å². The Balaban J connectivity index is 2.51. The van der Waals surface area contributed by atoms with E-state index in [4.69, 9.17) is 15.1 Å². The smallest absolute Gasteiger partial charge is 0.342 e. The van der Waals surface area contributed by atoms with Crippen molar-refractivity contribution in [1.82, 2.24) is 9.55 Å². The van der Waals surface area contributed by atoms with Crippen LogP contribution in [0.25, 0.3) is 5.69 Å². The summed E-state index contributed by atoms with van der Waals surface area (Å²) in [6.07, 6.45) is 2.06. The summed E-state index contributed by atoms with van der Waals surface area (Å²) in [6, 6.07) is 8.67. The van der Waals surface area contributed by atoms with E-state index in [1.165, 1.54) is 6.33 Å². The van der Waals surface area contributed by atoms with E-state index in [-0.39, 0.29) is 12.5 Å². The van der Waals surface area contributed by atoms with Crippen molar-refractivity contribution in [2.45, 2.75) is 19.4 Å². The van der Waals surface area contributed by atoms with Crippen LogP contribution in [-0.4, -0.2) is 26.7 Å². The first-order valence-corrected chi connectivity index (χ1v) is 6.47. The number of aromatic carboxylic acids is 1. The summed E-state index contributed by atoms with van der Waals surface area (Å²) >= 11 is 0. The second-order valence-electron chi connectivity index (χ2n) is 4.55. The minimum absolute atomic E-state index is 0.191. The summed E-state index contributed by atoms with van der Waals surface area (Å²) in [6.45, 7) is 1.73. The van der Waals surface area contributed by atoms with Gasteiger partial charge in [0, 0.05) is 6.20 Å². The number of carboxylic acid groups (broad SMARTS) is 1. The third-order valence-corrected chi connectivity index (χ3v) is 2.90. The molecule has 1 aromatic carbocycles. The normalized spacial score (nSPS) is 11.5. The number of rotatable bonds is 5. The second-order valence-corrected chi connectivity index (χ2v) is 4.55. The van der Waals surface area contributed by atoms with Gasteiger partial charge in [0.05, 0.1) is 18.2 Å². The third-order valence-electron chi connectivity index (χ3n) is 2.90. The van der Waals surface area contributed by atoms with Crippen LogP contribution in [0.5, 0.6) is 5.75 Å². The molecule has 1 heterocycles. The topological polar surface area (TPSA) is 105 Å². The molecule has 1 unspecified atom stereocenters. The van der Waals surface area contributed by atoms with Crippen LogP contribution in [-0.2, 0) is 0 Å². The molecule has 2 aromatic rings. The molecule has 0 saturated carbocycles. The summed E-state index contributed by atoms with van der Waals surface area (Å²) in [5, 5.41) is 17.7. The zero-order chi connectivity index (χ0) is 16.1. The fraction of sp³-hybridized carbons (Fsp3) is 0.200. The van der Waals surface area contributed by atoms with Crippen LogP contribution in [0.15, 0.2) is 41.6 Å². The predicted molar refractivity (Wildman–Crippen MR) is 77.1 cm³/mol. The summed E-state index contributed by atoms with van der Waals surface area (Å²) in [4.78, 5) is 27.0. The first-order chi connectivity index (χ1) is 10.5. The summed E-state index contributed by atoms with van der Waals surface area (Å²) < 4.78 is 6.75. The lowest BCUT2D eigenvalue weighted by atomic mass is 10.2. The number of carboxylic acids is 1. The highest BCUT2D eigenvalue weighted by Crippen LogP contribution is 2.22. The maximum atomic E-state index is 12.2. The monoisotopic (exact) mass is 299 g/mol. The second kappa shape index (κ2) is 6.54. The van der Waals surface area contributed by atoms with Crippen LogP contribution in [0.1, 0.15) is 23.7 Å². The Labute approximate surface area is 126 Å². The molecular weight excluding hydrogens is 286 g/mol. The molecule has 1 aromatic heterocycles. The van der Waals surface area contributed by atoms with E-state index in [2.05, 4.69) is 4.98 Å². The first kappa shape index (κ1) is 15.3. The Morgan fingerprint density at radius 3 is 2.91 bits per heavy atom. The number of hydrogen-bond acceptors (Lipinski definition) is 5. The zero-order valence-electron chi connectivity index (χ0n) is 11.8. The van der Waals surface area contributed by atoms with Crippen molar-refractivity contribution in [1.29, 1.82) is 5.26 Å². The third kappa shape index (κ3) is 3.12. The van der Waals surface area contributed by atoms with Gasteiger partial charge in [-0.15, -0.1) is 0 Å². The van der Waals surface area contributed by atoms with E-state index in [1.807, 2.05) is 6.07 Å². The molecule has 1 atom stereocenters. The van der Waals surface area contributed by atoms with Crippen molar-refractivity contribution < 1.29 is 14.6 Å². The number of carbonyl (C=O) groups is 1. The molecule has 0 aliphatic heterocycles. The molecule has 0 fully saturated rings. The minimum atomic E-state index is -1.34. The standard InChI is InChI=1S/C15H13N3O4/c1-10(6-7-16)22-13-5-3-2-4-12(13)18-9-17-8-11(14(18)19)15(20)21/h2-5,8-10H,6H2,1H3,(H,20,21). The molecule has 112 valence electrons. The van der Waals surface area contributed by atoms with Crippen molar-refractivity contribution in [3.63, 3.8) is 0 Å². The van der Waals surface area contributed by atoms with E-state index >= 15 is 0 Å². The average molecular weight is 299 g/mol. The highest BCUT2D eigenvalue weighted by molar-refractivity contribution is 5.86. The maximum Gasteiger partial charge on any atom is 0.342 e. The van der Waals surface area contributed by atoms with E-state index in [0.29, 0.717) is 11.4 Å². The van der Waals surface area contributed by atoms with E-state index in [9.17, 15) is 9.59 Å². The zero-order valence-corrected chi connectivity index (χ0v) is 11.8. The number of nitrogens with zero attached hydrogens (tertiary/aromatic N) is 3. The number of nitriles is 1. The number of benzene rings is 1. The molecular formula is C15H13N3O4. The molecule has 1 N–H and O–H groups in total. The summed E-state index contributed by atoms with van der Waals surface area (Å²) in [7, 11) is 0. The molecule has 0 amide bonds. The van der Waals surface area contributed by atoms with Gasteiger partial charge in [0.2, 0.25) is 0 Å². The molecule has 0 bridgehead atoms. The van der Waals surface area contributed by atoms with E-state index in [1.54, 1.807) is 31.2 Å². The van der Waals surface area contributed by atoms with Gasteiger partial charge in [-0.05, 0) is 19.1 Å². The van der Waals surface area contributed by atoms with Crippen LogP contribution in [0.3, 0.4) is 0 Å². The average Bonchev–Trinajstić information content (AvgIpc) is 2.48. The Hall–Kier alpha value is -3.14. The van der Waals surface area contributed by atoms with Crippen molar-refractivity contribution in [3.05, 3.63) is 52.7 Å². The quantitative estimate of drug-likeness (QED) is 0.899. The fourth-order valence-electron chi connectivity index (χ4n) is 1.87. The van der Waals surface area contributed by atoms with Crippen LogP contribution >= 0.6 is 0 Å². The van der Waals surface area contributed by atoms with Crippen LogP contribution < -0.4 is 10.3 Å². The predicted octanol–water partition coefficient (Wildman–Crippen LogP) is 1.61. The fourth-order valence-corrected chi connectivity index (χ4v) is 1.87. The molecule has 7 nitrogen and oxygen atoms in total. The highest BCUT2D eigenvalue weighted by atomic mass is 16.5. The van der Waals surface area contributed by atoms with Gasteiger partial charge in [-0.1, -0.05) is 12.1 Å². The minimum Gasteiger partial charge on any atom is -0.487 e. The van der Waals surface area contributed by atoms with Crippen molar-refractivity contribution in [2.75, 3.05) is 0 Å². The number of hydrogen-bond donors (Lipinski definition) is 1. The molecule has 7 heteroatoms. The lowest BCUT2D eigenvalue weighted by Crippen LogP contribution is -2.26. The Morgan fingerprint density at radius 2 is 2.23 bits per heavy atom. The molecule has 22 heavy (non-hydrogen) atoms. The summed E-state index contributed by atoms with van der Waals surface area (Å²) in [5.41, 5.74) is -0.762. The van der Waals surface area contributed by atoms with Gasteiger partial charge in [0.25, 0.3) is 5.56 Å². The molecule has 2 rings (SSSR count). The van der Waals surface area contributed by atoms with Gasteiger partial charge in [-0.2, -0.15) is 5.26 Å². The number of aromatic nitrogens is 2. The van der Waals surface area contributed by atoms with Crippen LogP contribution in [0.2, 0.25) is 0 Å². The van der Waals surface area contributed by atoms with Gasteiger partial charge in [-0.3, -0.25) is 9.36 Å². The van der Waals surface area contributed by atoms with Crippen molar-refractivity contribution in [3.8, 4) is 17.5 Å². The molecule has 0 aliphatic carbocycles. The number of ether oxygens (including phenoxy) is 1. The lowest BCUT2D eigenvalue weighted by molar-refractivity contribution is 0.0694. The summed E-state index contributed by atoms with van der Waals surface area (Å²) in [5.74, 6) is -0.972. The van der Waals surface area contributed by atoms with Gasteiger partial charge in [-0.25, -0.2) is 9.78 Å².